The lowest BCUT2D eigenvalue weighted by Crippen LogP contribution is -2.50. The Morgan fingerprint density at radius 3 is 1.09 bits per heavy atom. The van der Waals surface area contributed by atoms with E-state index in [0.29, 0.717) is 106 Å². The first kappa shape index (κ1) is 86.1. The maximum Gasteiger partial charge on any atom is 0.278 e. The Labute approximate surface area is 637 Å². The fourth-order valence-electron chi connectivity index (χ4n) is 10.6. The summed E-state index contributed by atoms with van der Waals surface area (Å²) < 4.78 is 173. The fraction of sp³-hybridized carbons (Fsp3) is 0.137. The lowest BCUT2D eigenvalue weighted by molar-refractivity contribution is -0.314. The second kappa shape index (κ2) is 36.3. The zero-order valence-corrected chi connectivity index (χ0v) is 62.2. The highest BCUT2D eigenvalue weighted by Gasteiger charge is 2.35. The minimum Gasteiger partial charge on any atom is -0.748 e. The lowest BCUT2D eigenvalue weighted by atomic mass is 9.88. The standard InChI is InChI=1S/C25H21N3O7S2.C24H20N4O7S2.C24H19N3O8S2/c26-20-7-8-22(19-11-17(12-21(27)15-19)3-1-2-10-36(28,31)32)18(14-20)6-4-16-5-9-24(37(33,34)35)23(13-16)25(29)30;25-19-6-7-21(18-9-15(10-20(26)13-18)3-1-2-8-36(27,31)32)17(12-19)5-4-16-11-22(24(29)30)23(28-14-16)37(33,34)35;25-19-6-7-21(18-9-15(10-20(26)13-18)3-1-2-8-36(27,30)31)17(12-19)5-4-16-11-22(23(28)29)24(35-14-16)37(32,33)34/h5,7-8,11-12,14-15,23-24H,9,13,26-27H2,(H,29,30)(H2,28,31,32)(H,33,34,35);6-7,9-10,12-14,22-23,28H,11,25-26H2,(H,29,30)(H2,27,31,32)(H,33,34,35);6-7,9-10,12-14,22,24H,11,25-26H2,(H,28,29)(H2,27,30,31)(H,32,33,34)/t23-,24+;22-,23-;22-,24+/m110/s1. The molecule has 6 atom stereocenters. The lowest BCUT2D eigenvalue weighted by Gasteiger charge is -2.33. The summed E-state index contributed by atoms with van der Waals surface area (Å²) in [6, 6.07) is 31.3. The van der Waals surface area contributed by atoms with Crippen LogP contribution in [-0.2, 0) is 79.5 Å². The van der Waals surface area contributed by atoms with Crippen molar-refractivity contribution in [3.05, 3.63) is 178 Å². The number of carboxylic acid groups (broad SMARTS) is 3. The van der Waals surface area contributed by atoms with Crippen molar-refractivity contribution in [1.82, 2.24) is 5.32 Å². The van der Waals surface area contributed by atoms with Gasteiger partial charge in [-0.05, 0) is 137 Å². The minimum absolute atomic E-state index is 0.153. The van der Waals surface area contributed by atoms with Gasteiger partial charge in [0.2, 0.25) is 0 Å². The molecule has 9 rings (SSSR count). The van der Waals surface area contributed by atoms with Crippen LogP contribution in [0, 0.1) is 122 Å². The molecule has 111 heavy (non-hydrogen) atoms. The summed E-state index contributed by atoms with van der Waals surface area (Å²) >= 11 is 0. The first-order valence-corrected chi connectivity index (χ1v) is 40.2. The number of primary sulfonamides is 3. The van der Waals surface area contributed by atoms with E-state index in [-0.39, 0.29) is 36.8 Å². The number of allylic oxidation sites excluding steroid dienone is 4. The second-order valence-corrected chi connectivity index (χ2v) is 32.4. The van der Waals surface area contributed by atoms with Crippen LogP contribution >= 0.6 is 0 Å². The van der Waals surface area contributed by atoms with E-state index in [1.807, 2.05) is 15.8 Å². The van der Waals surface area contributed by atoms with Crippen molar-refractivity contribution in [3.8, 4) is 138 Å². The molecule has 0 radical (unpaired) electrons. The Morgan fingerprint density at radius 2 is 0.748 bits per heavy atom. The van der Waals surface area contributed by atoms with Gasteiger partial charge >= 0.3 is 0 Å². The third kappa shape index (κ3) is 26.9. The van der Waals surface area contributed by atoms with E-state index in [9.17, 15) is 93.9 Å². The number of carbonyl (C=O) groups is 3. The van der Waals surface area contributed by atoms with E-state index in [1.54, 1.807) is 109 Å². The molecule has 38 heteroatoms. The van der Waals surface area contributed by atoms with Gasteiger partial charge < -0.3 is 87.8 Å². The highest BCUT2D eigenvalue weighted by Crippen LogP contribution is 2.34. The first-order valence-electron chi connectivity index (χ1n) is 31.2. The number of sulfonamides is 3. The van der Waals surface area contributed by atoms with Crippen LogP contribution in [-0.4, -0.2) is 98.1 Å². The predicted octanol–water partition coefficient (Wildman–Crippen LogP) is -7.19. The number of ether oxygens (including phenoxy) is 1. The number of aliphatic carboxylic acids is 3. The van der Waals surface area contributed by atoms with E-state index in [0.717, 1.165) is 6.26 Å². The van der Waals surface area contributed by atoms with Gasteiger partial charge in [0.25, 0.3) is 30.1 Å². The van der Waals surface area contributed by atoms with Crippen LogP contribution in [0.25, 0.3) is 33.4 Å². The Balaban J connectivity index is 0.000000231. The van der Waals surface area contributed by atoms with Gasteiger partial charge in [0.1, 0.15) is 59.7 Å². The number of rotatable bonds is 9. The van der Waals surface area contributed by atoms with Crippen molar-refractivity contribution >= 4 is 112 Å². The summed E-state index contributed by atoms with van der Waals surface area (Å²) in [5.74, 6) is 29.4. The van der Waals surface area contributed by atoms with Crippen LogP contribution in [0.2, 0.25) is 0 Å². The van der Waals surface area contributed by atoms with Crippen molar-refractivity contribution in [3.63, 3.8) is 0 Å². The third-order valence-corrected chi connectivity index (χ3v) is 19.8. The number of hydrogen-bond donors (Lipinski definition) is 10. The molecule has 32 nitrogen and oxygen atoms in total. The summed E-state index contributed by atoms with van der Waals surface area (Å²) in [4.78, 5) is 34.3. The van der Waals surface area contributed by atoms with E-state index < -0.39 is 112 Å². The van der Waals surface area contributed by atoms with E-state index in [4.69, 9.17) is 20.2 Å². The molecule has 1 aliphatic carbocycles. The Hall–Kier alpha value is -12.2. The monoisotopic (exact) mass is 1620 g/mol. The van der Waals surface area contributed by atoms with Gasteiger partial charge in [0, 0.05) is 153 Å². The topological polar surface area (TPSA) is 660 Å². The molecule has 0 amide bonds. The number of nitrogens with one attached hydrogen (secondary N) is 1. The van der Waals surface area contributed by atoms with Gasteiger partial charge in [-0.15, -0.1) is 0 Å². The van der Waals surface area contributed by atoms with Gasteiger partial charge in [0.15, 0.2) is 5.44 Å². The van der Waals surface area contributed by atoms with Crippen LogP contribution in [0.1, 0.15) is 59.1 Å². The highest BCUT2D eigenvalue weighted by molar-refractivity contribution is 7.94. The molecule has 0 saturated heterocycles. The molecule has 6 aromatic rings. The number of nitrogens with two attached hydrogens (primary N) is 3. The van der Waals surface area contributed by atoms with Gasteiger partial charge in [-0.3, -0.25) is 0 Å². The molecule has 0 aromatic heterocycles. The average molecular weight is 1620 g/mol. The Bertz CT molecular complexity index is 5750. The quantitative estimate of drug-likeness (QED) is 0.0475. The number of benzene rings is 6. The maximum atomic E-state index is 11.5. The molecule has 25 N–H and O–H groups in total. The largest absolute Gasteiger partial charge is 0.748 e. The normalized spacial score (nSPS) is 17.0. The van der Waals surface area contributed by atoms with Gasteiger partial charge in [-0.25, -0.2) is 40.7 Å². The second-order valence-electron chi connectivity index (χ2n) is 24.0. The number of carbonyl (C=O) groups excluding carboxylic acids is 3. The van der Waals surface area contributed by atoms with Gasteiger partial charge in [0.05, 0.1) is 43.3 Å². The van der Waals surface area contributed by atoms with E-state index >= 15 is 0 Å². The Morgan fingerprint density at radius 1 is 0.396 bits per heavy atom. The first-order chi connectivity index (χ1) is 51.7. The number of quaternary nitrogens is 6. The molecule has 2 aliphatic heterocycles. The van der Waals surface area contributed by atoms with E-state index in [1.165, 1.54) is 12.3 Å². The minimum atomic E-state index is -5.04. The van der Waals surface area contributed by atoms with Crippen molar-refractivity contribution in [1.29, 1.82) is 0 Å². The molecule has 0 bridgehead atoms. The summed E-state index contributed by atoms with van der Waals surface area (Å²) in [6.07, 6.45) is 2.43. The summed E-state index contributed by atoms with van der Waals surface area (Å²) in [7, 11) is -26.7. The zero-order chi connectivity index (χ0) is 82.1. The fourth-order valence-corrected chi connectivity index (χ4v) is 13.8. The molecule has 0 spiro atoms. The maximum absolute atomic E-state index is 11.5. The van der Waals surface area contributed by atoms with Crippen LogP contribution in [0.4, 0.5) is 34.1 Å². The van der Waals surface area contributed by atoms with Crippen LogP contribution < -0.4 is 70.5 Å². The summed E-state index contributed by atoms with van der Waals surface area (Å²) in [5, 5.41) is 53.0. The molecule has 570 valence electrons. The van der Waals surface area contributed by atoms with Crippen LogP contribution in [0.5, 0.6) is 0 Å². The summed E-state index contributed by atoms with van der Waals surface area (Å²) in [5.41, 5.74) is 33.1. The number of carboxylic acids is 3. The molecular formula is C73H60N10O22S6. The smallest absolute Gasteiger partial charge is 0.278 e. The number of hydrogen-bond acceptors (Lipinski definition) is 23. The molecule has 3 aliphatic rings. The molecule has 0 fully saturated rings. The molecule has 0 unspecified atom stereocenters. The van der Waals surface area contributed by atoms with Crippen molar-refractivity contribution in [2.45, 2.75) is 41.7 Å². The molecule has 2 heterocycles. The molecule has 0 saturated carbocycles. The van der Waals surface area contributed by atoms with Crippen molar-refractivity contribution in [2.75, 3.05) is 0 Å². The van der Waals surface area contributed by atoms with Gasteiger partial charge in [-0.2, -0.15) is 25.3 Å². The highest BCUT2D eigenvalue weighted by atomic mass is 32.2. The summed E-state index contributed by atoms with van der Waals surface area (Å²) in [6.45, 7) is 0. The Kier molecular flexibility index (Phi) is 28.2. The van der Waals surface area contributed by atoms with E-state index in [2.05, 4.69) is 129 Å². The predicted molar refractivity (Wildman–Crippen MR) is 388 cm³/mol. The SMILES string of the molecule is NS(=O)(=O)C#CC#Cc1cc([NH3+])cc(-c2ccc([NH3+])cc2C#CC2=CC[C@H](S(=O)(=O)[O-])[C@H](C(=O)[O-])C2)c1.NS(=O)(=O)C#CC#Cc1cc([NH3+])cc(-c2ccc([NH3+])cc2C#CC2=CN[C@H](S(=O)(=O)[O-])[C@H](C(=O)[O-])C2)c1.NS(=O)(=O)C#CC#Cc1cc([NH3+])cc(-c2ccc([NH3+])cc2C#CC2=CO[C@H](S(=O)(=O)[O-])[C@H](C(=O)[O-])C2)c1. The van der Waals surface area contributed by atoms with Gasteiger partial charge in [-0.1, -0.05) is 59.4 Å². The average Bonchev–Trinajstić information content (AvgIpc) is 0.821. The molecule has 6 aromatic carbocycles. The van der Waals surface area contributed by atoms with Crippen molar-refractivity contribution < 1.29 is 133 Å². The third-order valence-electron chi connectivity index (χ3n) is 15.3. The van der Waals surface area contributed by atoms with Crippen molar-refractivity contribution in [2.24, 2.45) is 33.2 Å². The van der Waals surface area contributed by atoms with Crippen LogP contribution in [0.15, 0.2) is 144 Å². The molecular weight excluding hydrogens is 1560 g/mol. The zero-order valence-electron chi connectivity index (χ0n) is 57.3. The van der Waals surface area contributed by atoms with Crippen LogP contribution in [0.3, 0.4) is 0 Å².